The van der Waals surface area contributed by atoms with Crippen LogP contribution in [-0.4, -0.2) is 30.1 Å². The summed E-state index contributed by atoms with van der Waals surface area (Å²) < 4.78 is 4.90. The molecule has 1 aliphatic rings. The van der Waals surface area contributed by atoms with Crippen molar-refractivity contribution in [2.45, 2.75) is 39.2 Å². The Balaban J connectivity index is 2.07. The minimum absolute atomic E-state index is 0.143. The summed E-state index contributed by atoms with van der Waals surface area (Å²) in [5.41, 5.74) is 4.67. The van der Waals surface area contributed by atoms with Crippen LogP contribution in [0, 0.1) is 6.92 Å². The molecule has 0 heterocycles. The fraction of sp³-hybridized carbons (Fsp3) is 0.438. The van der Waals surface area contributed by atoms with Gasteiger partial charge in [0.25, 0.3) is 0 Å². The molecule has 0 aromatic heterocycles. The van der Waals surface area contributed by atoms with Gasteiger partial charge in [-0.2, -0.15) is 5.10 Å². The second-order valence-corrected chi connectivity index (χ2v) is 5.17. The van der Waals surface area contributed by atoms with Crippen LogP contribution in [0.1, 0.15) is 30.9 Å². The van der Waals surface area contributed by atoms with E-state index in [4.69, 9.17) is 4.74 Å². The summed E-state index contributed by atoms with van der Waals surface area (Å²) in [4.78, 5) is 24.1. The largest absolute Gasteiger partial charge is 0.461 e. The van der Waals surface area contributed by atoms with E-state index in [1.165, 1.54) is 0 Å². The standard InChI is InChI=1S/C16H20N2O3/c1-3-21-16(20)15(18-17-13-8-9-13)14(19)10-12-6-4-11(2)5-7-12/h4-7,13,17H,3,8-10H2,1-2H3/b18-15-. The molecule has 2 rings (SSSR count). The SMILES string of the molecule is CCOC(=O)/C(=N\NC1CC1)C(=O)Cc1ccc(C)cc1. The molecule has 1 fully saturated rings. The predicted octanol–water partition coefficient (Wildman–Crippen LogP) is 1.78. The Kier molecular flexibility index (Phi) is 5.09. The Hall–Kier alpha value is -2.17. The van der Waals surface area contributed by atoms with Gasteiger partial charge in [0.1, 0.15) is 0 Å². The van der Waals surface area contributed by atoms with Crippen molar-refractivity contribution in [1.29, 1.82) is 0 Å². The Labute approximate surface area is 124 Å². The van der Waals surface area contributed by atoms with E-state index in [1.807, 2.05) is 31.2 Å². The van der Waals surface area contributed by atoms with E-state index in [9.17, 15) is 9.59 Å². The Morgan fingerprint density at radius 2 is 1.95 bits per heavy atom. The third-order valence-electron chi connectivity index (χ3n) is 3.15. The van der Waals surface area contributed by atoms with Crippen LogP contribution in [-0.2, 0) is 20.7 Å². The molecule has 1 aliphatic carbocycles. The van der Waals surface area contributed by atoms with Crippen LogP contribution in [0.25, 0.3) is 0 Å². The Bertz CT molecular complexity index is 545. The van der Waals surface area contributed by atoms with E-state index >= 15 is 0 Å². The molecular weight excluding hydrogens is 268 g/mol. The number of Topliss-reactive ketones (excluding diaryl/α,β-unsaturated/α-hetero) is 1. The molecule has 5 nitrogen and oxygen atoms in total. The lowest BCUT2D eigenvalue weighted by Gasteiger charge is -2.06. The van der Waals surface area contributed by atoms with Crippen LogP contribution >= 0.6 is 0 Å². The molecule has 1 saturated carbocycles. The smallest absolute Gasteiger partial charge is 0.362 e. The summed E-state index contributed by atoms with van der Waals surface area (Å²) in [5, 5.41) is 3.96. The first-order valence-electron chi connectivity index (χ1n) is 7.19. The molecular formula is C16H20N2O3. The average Bonchev–Trinajstić information content (AvgIpc) is 3.26. The minimum Gasteiger partial charge on any atom is -0.461 e. The zero-order valence-corrected chi connectivity index (χ0v) is 12.4. The van der Waals surface area contributed by atoms with Crippen molar-refractivity contribution in [3.8, 4) is 0 Å². The first-order valence-corrected chi connectivity index (χ1v) is 7.19. The number of nitrogens with one attached hydrogen (secondary N) is 1. The topological polar surface area (TPSA) is 67.8 Å². The fourth-order valence-corrected chi connectivity index (χ4v) is 1.76. The summed E-state index contributed by atoms with van der Waals surface area (Å²) >= 11 is 0. The quantitative estimate of drug-likeness (QED) is 0.359. The number of carbonyl (C=O) groups is 2. The van der Waals surface area contributed by atoms with Gasteiger partial charge in [-0.3, -0.25) is 4.79 Å². The molecule has 112 valence electrons. The lowest BCUT2D eigenvalue weighted by Crippen LogP contribution is -2.30. The van der Waals surface area contributed by atoms with Gasteiger partial charge in [-0.05, 0) is 32.3 Å². The maximum absolute atomic E-state index is 12.3. The molecule has 0 amide bonds. The van der Waals surface area contributed by atoms with E-state index in [1.54, 1.807) is 6.92 Å². The Morgan fingerprint density at radius 1 is 1.29 bits per heavy atom. The molecule has 0 saturated heterocycles. The number of aryl methyl sites for hydroxylation is 1. The number of hydrazone groups is 1. The highest BCUT2D eigenvalue weighted by atomic mass is 16.5. The van der Waals surface area contributed by atoms with Gasteiger partial charge in [-0.25, -0.2) is 4.79 Å². The predicted molar refractivity (Wildman–Crippen MR) is 80.1 cm³/mol. The lowest BCUT2D eigenvalue weighted by atomic mass is 10.0. The zero-order chi connectivity index (χ0) is 15.2. The number of hydrogen-bond donors (Lipinski definition) is 1. The summed E-state index contributed by atoms with van der Waals surface area (Å²) in [6.45, 7) is 3.91. The first-order chi connectivity index (χ1) is 10.1. The zero-order valence-electron chi connectivity index (χ0n) is 12.4. The van der Waals surface area contributed by atoms with E-state index in [-0.39, 0.29) is 30.6 Å². The van der Waals surface area contributed by atoms with Gasteiger partial charge >= 0.3 is 5.97 Å². The van der Waals surface area contributed by atoms with Crippen LogP contribution in [0.15, 0.2) is 29.4 Å². The van der Waals surface area contributed by atoms with Crippen molar-refractivity contribution in [1.82, 2.24) is 5.43 Å². The summed E-state index contributed by atoms with van der Waals surface area (Å²) in [5.74, 6) is -0.992. The van der Waals surface area contributed by atoms with Crippen molar-refractivity contribution in [3.05, 3.63) is 35.4 Å². The molecule has 1 N–H and O–H groups in total. The van der Waals surface area contributed by atoms with Crippen molar-refractivity contribution >= 4 is 17.5 Å². The van der Waals surface area contributed by atoms with Crippen molar-refractivity contribution in [3.63, 3.8) is 0 Å². The van der Waals surface area contributed by atoms with Gasteiger partial charge in [-0.1, -0.05) is 29.8 Å². The van der Waals surface area contributed by atoms with Gasteiger partial charge in [-0.15, -0.1) is 0 Å². The number of nitrogens with zero attached hydrogens (tertiary/aromatic N) is 1. The van der Waals surface area contributed by atoms with Crippen molar-refractivity contribution in [2.24, 2.45) is 5.10 Å². The van der Waals surface area contributed by atoms with Crippen LogP contribution in [0.2, 0.25) is 0 Å². The molecule has 0 bridgehead atoms. The highest BCUT2D eigenvalue weighted by Gasteiger charge is 2.25. The van der Waals surface area contributed by atoms with Gasteiger partial charge in [0, 0.05) is 12.5 Å². The normalized spacial score (nSPS) is 14.7. The second kappa shape index (κ2) is 7.02. The molecule has 5 heteroatoms. The number of esters is 1. The molecule has 0 atom stereocenters. The van der Waals surface area contributed by atoms with E-state index in [2.05, 4.69) is 10.5 Å². The van der Waals surface area contributed by atoms with Gasteiger partial charge in [0.15, 0.2) is 5.78 Å². The number of carbonyl (C=O) groups excluding carboxylic acids is 2. The minimum atomic E-state index is -0.664. The van der Waals surface area contributed by atoms with Gasteiger partial charge in [0.05, 0.1) is 6.61 Å². The number of ether oxygens (including phenoxy) is 1. The molecule has 1 aromatic carbocycles. The van der Waals surface area contributed by atoms with Crippen LogP contribution in [0.5, 0.6) is 0 Å². The van der Waals surface area contributed by atoms with E-state index in [0.717, 1.165) is 24.0 Å². The number of rotatable bonds is 7. The van der Waals surface area contributed by atoms with Crippen LogP contribution in [0.3, 0.4) is 0 Å². The van der Waals surface area contributed by atoms with Gasteiger partial charge < -0.3 is 10.2 Å². The number of benzene rings is 1. The lowest BCUT2D eigenvalue weighted by molar-refractivity contribution is -0.135. The third kappa shape index (κ3) is 4.70. The second-order valence-electron chi connectivity index (χ2n) is 5.17. The summed E-state index contributed by atoms with van der Waals surface area (Å²) in [7, 11) is 0. The molecule has 0 unspecified atom stereocenters. The summed E-state index contributed by atoms with van der Waals surface area (Å²) in [6, 6.07) is 7.91. The van der Waals surface area contributed by atoms with E-state index < -0.39 is 5.97 Å². The van der Waals surface area contributed by atoms with E-state index in [0.29, 0.717) is 0 Å². The third-order valence-corrected chi connectivity index (χ3v) is 3.15. The molecule has 0 spiro atoms. The fourth-order valence-electron chi connectivity index (χ4n) is 1.76. The monoisotopic (exact) mass is 288 g/mol. The highest BCUT2D eigenvalue weighted by molar-refractivity contribution is 6.64. The Morgan fingerprint density at radius 3 is 2.52 bits per heavy atom. The number of hydrogen-bond acceptors (Lipinski definition) is 5. The van der Waals surface area contributed by atoms with Crippen LogP contribution < -0.4 is 5.43 Å². The molecule has 0 aliphatic heterocycles. The van der Waals surface area contributed by atoms with Crippen LogP contribution in [0.4, 0.5) is 0 Å². The molecule has 0 radical (unpaired) electrons. The maximum Gasteiger partial charge on any atom is 0.362 e. The maximum atomic E-state index is 12.3. The molecule has 21 heavy (non-hydrogen) atoms. The number of ketones is 1. The first kappa shape index (κ1) is 15.2. The van der Waals surface area contributed by atoms with Crippen molar-refractivity contribution < 1.29 is 14.3 Å². The molecule has 1 aromatic rings. The van der Waals surface area contributed by atoms with Gasteiger partial charge in [0.2, 0.25) is 5.71 Å². The average molecular weight is 288 g/mol. The summed E-state index contributed by atoms with van der Waals surface area (Å²) in [6.07, 6.45) is 2.18. The van der Waals surface area contributed by atoms with Crippen molar-refractivity contribution in [2.75, 3.05) is 6.61 Å². The highest BCUT2D eigenvalue weighted by Crippen LogP contribution is 2.18.